The van der Waals surface area contributed by atoms with Crippen molar-refractivity contribution < 1.29 is 4.39 Å². The minimum Gasteiger partial charge on any atom is -0.314 e. The molecule has 0 aliphatic rings. The fourth-order valence-electron chi connectivity index (χ4n) is 1.46. The zero-order chi connectivity index (χ0) is 12.4. The summed E-state index contributed by atoms with van der Waals surface area (Å²) < 4.78 is 14.8. The lowest BCUT2D eigenvalue weighted by Crippen LogP contribution is -2.06. The monoisotopic (exact) mass is 273 g/mol. The summed E-state index contributed by atoms with van der Waals surface area (Å²) in [6, 6.07) is 4.83. The van der Waals surface area contributed by atoms with E-state index in [1.807, 2.05) is 13.1 Å². The van der Waals surface area contributed by atoms with Gasteiger partial charge in [0.2, 0.25) is 0 Å². The van der Waals surface area contributed by atoms with E-state index in [9.17, 15) is 4.39 Å². The lowest BCUT2D eigenvalue weighted by atomic mass is 10.3. The Labute approximate surface area is 108 Å². The first kappa shape index (κ1) is 12.4. The van der Waals surface area contributed by atoms with Gasteiger partial charge in [-0.1, -0.05) is 23.2 Å². The quantitative estimate of drug-likeness (QED) is 0.872. The second kappa shape index (κ2) is 5.04. The summed E-state index contributed by atoms with van der Waals surface area (Å²) in [5.74, 6) is -0.611. The van der Waals surface area contributed by atoms with Crippen LogP contribution in [-0.2, 0) is 6.54 Å². The third kappa shape index (κ3) is 2.60. The van der Waals surface area contributed by atoms with Crippen molar-refractivity contribution in [2.24, 2.45) is 0 Å². The van der Waals surface area contributed by atoms with Gasteiger partial charge >= 0.3 is 0 Å². The molecule has 2 aromatic rings. The summed E-state index contributed by atoms with van der Waals surface area (Å²) in [5.41, 5.74) is 1.51. The minimum absolute atomic E-state index is 0.0156. The smallest absolute Gasteiger partial charge is 0.160 e. The van der Waals surface area contributed by atoms with E-state index in [1.54, 1.807) is 10.9 Å². The molecule has 3 nitrogen and oxygen atoms in total. The van der Waals surface area contributed by atoms with Gasteiger partial charge in [0.25, 0.3) is 0 Å². The molecule has 0 spiro atoms. The van der Waals surface area contributed by atoms with Gasteiger partial charge in [0, 0.05) is 12.7 Å². The molecule has 90 valence electrons. The Bertz CT molecular complexity index is 516. The largest absolute Gasteiger partial charge is 0.314 e. The van der Waals surface area contributed by atoms with E-state index in [2.05, 4.69) is 10.4 Å². The Morgan fingerprint density at radius 1 is 1.35 bits per heavy atom. The second-order valence-corrected chi connectivity index (χ2v) is 4.32. The Balaban J connectivity index is 2.39. The maximum atomic E-state index is 13.2. The Morgan fingerprint density at radius 2 is 2.00 bits per heavy atom. The molecule has 0 amide bonds. The van der Waals surface area contributed by atoms with Crippen LogP contribution in [0.4, 0.5) is 4.39 Å². The van der Waals surface area contributed by atoms with Gasteiger partial charge in [0.1, 0.15) is 0 Å². The van der Waals surface area contributed by atoms with Crippen LogP contribution in [0.5, 0.6) is 0 Å². The van der Waals surface area contributed by atoms with E-state index in [0.29, 0.717) is 12.2 Å². The fourth-order valence-corrected chi connectivity index (χ4v) is 1.93. The Kier molecular flexibility index (Phi) is 3.66. The zero-order valence-electron chi connectivity index (χ0n) is 9.04. The van der Waals surface area contributed by atoms with Crippen molar-refractivity contribution in [3.05, 3.63) is 46.0 Å². The van der Waals surface area contributed by atoms with Gasteiger partial charge in [0.05, 0.1) is 21.4 Å². The van der Waals surface area contributed by atoms with Gasteiger partial charge in [-0.05, 0) is 25.2 Å². The van der Waals surface area contributed by atoms with Crippen molar-refractivity contribution in [2.75, 3.05) is 7.05 Å². The minimum atomic E-state index is -0.611. The number of hydrogen-bond donors (Lipinski definition) is 1. The van der Waals surface area contributed by atoms with E-state index in [1.165, 1.54) is 12.1 Å². The van der Waals surface area contributed by atoms with Crippen LogP contribution in [0.1, 0.15) is 5.69 Å². The molecule has 17 heavy (non-hydrogen) atoms. The van der Waals surface area contributed by atoms with Crippen LogP contribution < -0.4 is 5.32 Å². The number of rotatable bonds is 3. The normalized spacial score (nSPS) is 10.8. The number of aromatic nitrogens is 2. The molecule has 1 N–H and O–H groups in total. The summed E-state index contributed by atoms with van der Waals surface area (Å²) >= 11 is 11.4. The van der Waals surface area contributed by atoms with Crippen molar-refractivity contribution in [1.82, 2.24) is 15.1 Å². The predicted molar refractivity (Wildman–Crippen MR) is 66.3 cm³/mol. The third-order valence-electron chi connectivity index (χ3n) is 2.24. The average molecular weight is 274 g/mol. The number of benzene rings is 1. The van der Waals surface area contributed by atoms with Crippen molar-refractivity contribution in [2.45, 2.75) is 6.54 Å². The summed E-state index contributed by atoms with van der Waals surface area (Å²) in [5, 5.41) is 7.26. The summed E-state index contributed by atoms with van der Waals surface area (Å²) in [4.78, 5) is 0. The molecule has 0 saturated carbocycles. The lowest BCUT2D eigenvalue weighted by molar-refractivity contribution is 0.627. The van der Waals surface area contributed by atoms with E-state index < -0.39 is 5.82 Å². The van der Waals surface area contributed by atoms with Gasteiger partial charge in [-0.25, -0.2) is 9.07 Å². The molecule has 0 aliphatic carbocycles. The number of halogens is 3. The standard InChI is InChI=1S/C11H10Cl2FN3/c1-15-6-7-2-3-17(16-7)8-4-9(12)11(14)10(13)5-8/h2-5,15H,6H2,1H3. The lowest BCUT2D eigenvalue weighted by Gasteiger charge is -2.04. The molecule has 6 heteroatoms. The van der Waals surface area contributed by atoms with E-state index in [4.69, 9.17) is 23.2 Å². The van der Waals surface area contributed by atoms with Crippen molar-refractivity contribution >= 4 is 23.2 Å². The molecule has 0 saturated heterocycles. The molecule has 0 bridgehead atoms. The molecule has 0 fully saturated rings. The van der Waals surface area contributed by atoms with E-state index >= 15 is 0 Å². The highest BCUT2D eigenvalue weighted by Gasteiger charge is 2.09. The van der Waals surface area contributed by atoms with Crippen molar-refractivity contribution in [3.63, 3.8) is 0 Å². The molecule has 0 aliphatic heterocycles. The number of nitrogens with zero attached hydrogens (tertiary/aromatic N) is 2. The molecule has 1 aromatic heterocycles. The Morgan fingerprint density at radius 3 is 2.59 bits per heavy atom. The summed E-state index contributed by atoms with van der Waals surface area (Å²) in [6.07, 6.45) is 1.77. The first-order valence-electron chi connectivity index (χ1n) is 4.96. The highest BCUT2D eigenvalue weighted by molar-refractivity contribution is 6.35. The molecule has 1 heterocycles. The van der Waals surface area contributed by atoms with E-state index in [-0.39, 0.29) is 10.0 Å². The maximum Gasteiger partial charge on any atom is 0.160 e. The molecular formula is C11H10Cl2FN3. The predicted octanol–water partition coefficient (Wildman–Crippen LogP) is 3.04. The zero-order valence-corrected chi connectivity index (χ0v) is 10.6. The number of hydrogen-bond acceptors (Lipinski definition) is 2. The molecular weight excluding hydrogens is 264 g/mol. The van der Waals surface area contributed by atoms with Gasteiger partial charge in [-0.2, -0.15) is 5.10 Å². The third-order valence-corrected chi connectivity index (χ3v) is 2.79. The molecule has 0 radical (unpaired) electrons. The van der Waals surface area contributed by atoms with Gasteiger partial charge in [0.15, 0.2) is 5.82 Å². The van der Waals surface area contributed by atoms with E-state index in [0.717, 1.165) is 5.69 Å². The van der Waals surface area contributed by atoms with Gasteiger partial charge in [-0.15, -0.1) is 0 Å². The number of nitrogens with one attached hydrogen (secondary N) is 1. The first-order valence-corrected chi connectivity index (χ1v) is 5.71. The van der Waals surface area contributed by atoms with Crippen LogP contribution in [0, 0.1) is 5.82 Å². The topological polar surface area (TPSA) is 29.9 Å². The molecule has 2 rings (SSSR count). The molecule has 0 unspecified atom stereocenters. The van der Waals surface area contributed by atoms with Gasteiger partial charge < -0.3 is 5.32 Å². The SMILES string of the molecule is CNCc1ccn(-c2cc(Cl)c(F)c(Cl)c2)n1. The maximum absolute atomic E-state index is 13.2. The van der Waals surface area contributed by atoms with Gasteiger partial charge in [-0.3, -0.25) is 0 Å². The summed E-state index contributed by atoms with van der Waals surface area (Å²) in [7, 11) is 1.84. The van der Waals surface area contributed by atoms with Crippen LogP contribution in [0.25, 0.3) is 5.69 Å². The highest BCUT2D eigenvalue weighted by Crippen LogP contribution is 2.26. The summed E-state index contributed by atoms with van der Waals surface area (Å²) in [6.45, 7) is 0.662. The fraction of sp³-hybridized carbons (Fsp3) is 0.182. The van der Waals surface area contributed by atoms with Crippen molar-refractivity contribution in [3.8, 4) is 5.69 Å². The van der Waals surface area contributed by atoms with Crippen LogP contribution >= 0.6 is 23.2 Å². The van der Waals surface area contributed by atoms with Crippen LogP contribution in [-0.4, -0.2) is 16.8 Å². The Hall–Kier alpha value is -1.10. The molecule has 0 atom stereocenters. The molecule has 1 aromatic carbocycles. The van der Waals surface area contributed by atoms with Crippen LogP contribution in [0.3, 0.4) is 0 Å². The highest BCUT2D eigenvalue weighted by atomic mass is 35.5. The second-order valence-electron chi connectivity index (χ2n) is 3.51. The van der Waals surface area contributed by atoms with Crippen LogP contribution in [0.15, 0.2) is 24.4 Å². The van der Waals surface area contributed by atoms with Crippen LogP contribution in [0.2, 0.25) is 10.0 Å². The van der Waals surface area contributed by atoms with Crippen molar-refractivity contribution in [1.29, 1.82) is 0 Å². The average Bonchev–Trinajstić information content (AvgIpc) is 2.74. The first-order chi connectivity index (χ1) is 8.11.